The highest BCUT2D eigenvalue weighted by atomic mass is 16.5. The number of carbonyl (C=O) groups excluding carboxylic acids is 1. The zero-order chi connectivity index (χ0) is 13.4. The summed E-state index contributed by atoms with van der Waals surface area (Å²) in [6.07, 6.45) is 1.80. The fraction of sp³-hybridized carbons (Fsp3) is 0.533. The molecule has 1 heterocycles. The molecule has 1 aliphatic rings. The van der Waals surface area contributed by atoms with Crippen molar-refractivity contribution in [2.45, 2.75) is 47.1 Å². The molecule has 0 saturated carbocycles. The van der Waals surface area contributed by atoms with Crippen molar-refractivity contribution in [3.63, 3.8) is 0 Å². The molecule has 1 aromatic carbocycles. The highest BCUT2D eigenvalue weighted by Gasteiger charge is 2.30. The molecule has 18 heavy (non-hydrogen) atoms. The first kappa shape index (κ1) is 12.9. The largest absolute Gasteiger partial charge is 0.507 e. The standard InChI is InChI=1S/C15H20O3/c1-8(2)5-6-11-9(3)10(4)12-7-18-15(17)13(12)14(11)16/h8,16H,5-7H2,1-4H3. The molecule has 0 amide bonds. The SMILES string of the molecule is Cc1c(C)c2c(c(O)c1CCC(C)C)C(=O)OC2. The minimum Gasteiger partial charge on any atom is -0.507 e. The molecule has 0 saturated heterocycles. The van der Waals surface area contributed by atoms with Crippen molar-refractivity contribution >= 4 is 5.97 Å². The van der Waals surface area contributed by atoms with Crippen LogP contribution in [0.25, 0.3) is 0 Å². The van der Waals surface area contributed by atoms with E-state index in [1.807, 2.05) is 13.8 Å². The van der Waals surface area contributed by atoms with Crippen molar-refractivity contribution in [2.24, 2.45) is 5.92 Å². The molecule has 1 N–H and O–H groups in total. The van der Waals surface area contributed by atoms with Gasteiger partial charge in [-0.3, -0.25) is 0 Å². The van der Waals surface area contributed by atoms with Crippen molar-refractivity contribution in [1.82, 2.24) is 0 Å². The van der Waals surface area contributed by atoms with Gasteiger partial charge in [0, 0.05) is 5.56 Å². The van der Waals surface area contributed by atoms with Gasteiger partial charge in [0.05, 0.1) is 0 Å². The summed E-state index contributed by atoms with van der Waals surface area (Å²) in [5.74, 6) is 0.317. The maximum absolute atomic E-state index is 11.7. The van der Waals surface area contributed by atoms with Crippen LogP contribution in [0.1, 0.15) is 52.9 Å². The van der Waals surface area contributed by atoms with Gasteiger partial charge in [-0.05, 0) is 49.3 Å². The van der Waals surface area contributed by atoms with Gasteiger partial charge in [-0.15, -0.1) is 0 Å². The van der Waals surface area contributed by atoms with Gasteiger partial charge in [0.1, 0.15) is 17.9 Å². The Morgan fingerprint density at radius 2 is 1.94 bits per heavy atom. The van der Waals surface area contributed by atoms with Crippen LogP contribution in [-0.2, 0) is 17.8 Å². The lowest BCUT2D eigenvalue weighted by Gasteiger charge is -2.15. The molecule has 0 aliphatic carbocycles. The predicted octanol–water partition coefficient (Wildman–Crippen LogP) is 3.27. The third-order valence-corrected chi connectivity index (χ3v) is 3.82. The summed E-state index contributed by atoms with van der Waals surface area (Å²) < 4.78 is 5.02. The quantitative estimate of drug-likeness (QED) is 0.835. The summed E-state index contributed by atoms with van der Waals surface area (Å²) in [4.78, 5) is 11.7. The summed E-state index contributed by atoms with van der Waals surface area (Å²) in [5.41, 5.74) is 4.30. The first-order valence-electron chi connectivity index (χ1n) is 6.44. The Labute approximate surface area is 108 Å². The Hall–Kier alpha value is -1.51. The molecule has 0 fully saturated rings. The van der Waals surface area contributed by atoms with E-state index in [1.165, 1.54) is 0 Å². The zero-order valence-electron chi connectivity index (χ0n) is 11.5. The Balaban J connectivity index is 2.51. The average Bonchev–Trinajstić information content (AvgIpc) is 2.68. The molecular weight excluding hydrogens is 228 g/mol. The lowest BCUT2D eigenvalue weighted by atomic mass is 9.89. The van der Waals surface area contributed by atoms with Crippen LogP contribution in [0.2, 0.25) is 0 Å². The van der Waals surface area contributed by atoms with Crippen LogP contribution in [0.4, 0.5) is 0 Å². The van der Waals surface area contributed by atoms with E-state index in [0.717, 1.165) is 35.1 Å². The van der Waals surface area contributed by atoms with Gasteiger partial charge in [-0.25, -0.2) is 4.79 Å². The lowest BCUT2D eigenvalue weighted by Crippen LogP contribution is -2.04. The third kappa shape index (κ3) is 1.98. The first-order chi connectivity index (χ1) is 8.43. The number of fused-ring (bicyclic) bond motifs is 1. The van der Waals surface area contributed by atoms with E-state index in [0.29, 0.717) is 18.1 Å². The second kappa shape index (κ2) is 4.63. The number of phenols is 1. The lowest BCUT2D eigenvalue weighted by molar-refractivity contribution is 0.0533. The van der Waals surface area contributed by atoms with E-state index in [-0.39, 0.29) is 5.75 Å². The zero-order valence-corrected chi connectivity index (χ0v) is 11.5. The average molecular weight is 248 g/mol. The molecule has 3 nitrogen and oxygen atoms in total. The molecule has 98 valence electrons. The Morgan fingerprint density at radius 3 is 2.56 bits per heavy atom. The van der Waals surface area contributed by atoms with E-state index in [1.54, 1.807) is 0 Å². The molecule has 0 bridgehead atoms. The first-order valence-corrected chi connectivity index (χ1v) is 6.44. The van der Waals surface area contributed by atoms with Crippen molar-refractivity contribution < 1.29 is 14.6 Å². The van der Waals surface area contributed by atoms with Crippen molar-refractivity contribution in [3.05, 3.63) is 27.8 Å². The molecule has 0 unspecified atom stereocenters. The van der Waals surface area contributed by atoms with E-state index in [4.69, 9.17) is 4.74 Å². The fourth-order valence-corrected chi connectivity index (χ4v) is 2.46. The molecular formula is C15H20O3. The smallest absolute Gasteiger partial charge is 0.342 e. The van der Waals surface area contributed by atoms with Crippen LogP contribution in [0.3, 0.4) is 0 Å². The molecule has 0 atom stereocenters. The fourth-order valence-electron chi connectivity index (χ4n) is 2.46. The van der Waals surface area contributed by atoms with Crippen LogP contribution >= 0.6 is 0 Å². The number of hydrogen-bond donors (Lipinski definition) is 1. The molecule has 1 aliphatic heterocycles. The summed E-state index contributed by atoms with van der Waals surface area (Å²) in [6, 6.07) is 0. The number of ether oxygens (including phenoxy) is 1. The van der Waals surface area contributed by atoms with E-state index >= 15 is 0 Å². The van der Waals surface area contributed by atoms with Gasteiger partial charge in [-0.2, -0.15) is 0 Å². The summed E-state index contributed by atoms with van der Waals surface area (Å²) in [7, 11) is 0. The Morgan fingerprint density at radius 1 is 1.28 bits per heavy atom. The minimum absolute atomic E-state index is 0.135. The number of rotatable bonds is 3. The highest BCUT2D eigenvalue weighted by molar-refractivity contribution is 5.97. The number of carbonyl (C=O) groups is 1. The van der Waals surface area contributed by atoms with Crippen LogP contribution in [0.5, 0.6) is 5.75 Å². The third-order valence-electron chi connectivity index (χ3n) is 3.82. The van der Waals surface area contributed by atoms with Crippen molar-refractivity contribution in [2.75, 3.05) is 0 Å². The predicted molar refractivity (Wildman–Crippen MR) is 69.9 cm³/mol. The van der Waals surface area contributed by atoms with Gasteiger partial charge in [-0.1, -0.05) is 13.8 Å². The number of benzene rings is 1. The minimum atomic E-state index is -0.392. The van der Waals surface area contributed by atoms with Crippen LogP contribution < -0.4 is 0 Å². The number of cyclic esters (lactones) is 1. The van der Waals surface area contributed by atoms with Crippen molar-refractivity contribution in [1.29, 1.82) is 0 Å². The van der Waals surface area contributed by atoms with Gasteiger partial charge in [0.2, 0.25) is 0 Å². The molecule has 0 radical (unpaired) electrons. The van der Waals surface area contributed by atoms with Gasteiger partial charge < -0.3 is 9.84 Å². The summed E-state index contributed by atoms with van der Waals surface area (Å²) >= 11 is 0. The number of aromatic hydroxyl groups is 1. The molecule has 0 spiro atoms. The Kier molecular flexibility index (Phi) is 3.33. The normalized spacial score (nSPS) is 13.9. The molecule has 2 rings (SSSR count). The Bertz CT molecular complexity index is 501. The van der Waals surface area contributed by atoms with Crippen molar-refractivity contribution in [3.8, 4) is 5.75 Å². The van der Waals surface area contributed by atoms with E-state index < -0.39 is 5.97 Å². The van der Waals surface area contributed by atoms with Gasteiger partial charge in [0.25, 0.3) is 0 Å². The summed E-state index contributed by atoms with van der Waals surface area (Å²) in [6.45, 7) is 8.60. The molecule has 3 heteroatoms. The van der Waals surface area contributed by atoms with E-state index in [9.17, 15) is 9.90 Å². The number of phenolic OH excluding ortho intramolecular Hbond substituents is 1. The molecule has 0 aromatic heterocycles. The van der Waals surface area contributed by atoms with Gasteiger partial charge in [0.15, 0.2) is 0 Å². The maximum atomic E-state index is 11.7. The highest BCUT2D eigenvalue weighted by Crippen LogP contribution is 2.37. The number of esters is 1. The second-order valence-corrected chi connectivity index (χ2v) is 5.44. The monoisotopic (exact) mass is 248 g/mol. The van der Waals surface area contributed by atoms with Gasteiger partial charge >= 0.3 is 5.97 Å². The van der Waals surface area contributed by atoms with Crippen LogP contribution in [0.15, 0.2) is 0 Å². The summed E-state index contributed by atoms with van der Waals surface area (Å²) in [5, 5.41) is 10.3. The topological polar surface area (TPSA) is 46.5 Å². The number of hydrogen-bond acceptors (Lipinski definition) is 3. The second-order valence-electron chi connectivity index (χ2n) is 5.44. The van der Waals surface area contributed by atoms with E-state index in [2.05, 4.69) is 13.8 Å². The molecule has 1 aromatic rings. The maximum Gasteiger partial charge on any atom is 0.342 e. The van der Waals surface area contributed by atoms with Crippen LogP contribution in [0, 0.1) is 19.8 Å². The van der Waals surface area contributed by atoms with Crippen LogP contribution in [-0.4, -0.2) is 11.1 Å².